The third kappa shape index (κ3) is 3.64. The van der Waals surface area contributed by atoms with Gasteiger partial charge in [-0.25, -0.2) is 13.2 Å². The molecule has 4 rings (SSSR count). The maximum Gasteiger partial charge on any atom is 0.325 e. The number of hydrogen-bond donors (Lipinski definition) is 1. The van der Waals surface area contributed by atoms with Crippen molar-refractivity contribution in [3.05, 3.63) is 29.8 Å². The maximum atomic E-state index is 13.1. The van der Waals surface area contributed by atoms with Crippen LogP contribution in [0.5, 0.6) is 5.75 Å². The Balaban J connectivity index is 1.51. The summed E-state index contributed by atoms with van der Waals surface area (Å²) in [6.45, 7) is 1.20. The van der Waals surface area contributed by atoms with E-state index in [9.17, 15) is 22.8 Å². The molecule has 9 nitrogen and oxygen atoms in total. The average Bonchev–Trinajstić information content (AvgIpc) is 3.43. The normalized spacial score (nSPS) is 27.8. The molecule has 2 atom stereocenters. The van der Waals surface area contributed by atoms with E-state index in [1.165, 1.54) is 7.11 Å². The zero-order valence-corrected chi connectivity index (χ0v) is 17.8. The first-order chi connectivity index (χ1) is 14.1. The Morgan fingerprint density at radius 3 is 2.40 bits per heavy atom. The lowest BCUT2D eigenvalue weighted by Gasteiger charge is -2.30. The number of benzene rings is 1. The predicted octanol–water partition coefficient (Wildman–Crippen LogP) is 0.640. The van der Waals surface area contributed by atoms with Gasteiger partial charge in [0.1, 0.15) is 17.8 Å². The van der Waals surface area contributed by atoms with Gasteiger partial charge in [-0.2, -0.15) is 0 Å². The van der Waals surface area contributed by atoms with Crippen LogP contribution in [0.1, 0.15) is 31.7 Å². The molecule has 0 unspecified atom stereocenters. The molecule has 0 spiro atoms. The third-order valence-electron chi connectivity index (χ3n) is 6.07. The molecule has 1 aromatic rings. The van der Waals surface area contributed by atoms with Crippen LogP contribution in [0, 0.1) is 0 Å². The minimum atomic E-state index is -3.15. The standard InChI is InChI=1S/C20H25N3O6S/c1-20(13-3-7-16(29-2)8-4-13)18(25)22(19(26)21-20)11-17(24)23(14-5-6-14)15-9-10-30(27,28)12-15/h3-4,7-8,14-15H,5-6,9-12H2,1-2H3,(H,21,26)/t15-,20+/m0/s1. The lowest BCUT2D eigenvalue weighted by molar-refractivity contribution is -0.140. The van der Waals surface area contributed by atoms with Crippen molar-refractivity contribution in [1.29, 1.82) is 0 Å². The summed E-state index contributed by atoms with van der Waals surface area (Å²) < 4.78 is 28.9. The topological polar surface area (TPSA) is 113 Å². The van der Waals surface area contributed by atoms with E-state index in [2.05, 4.69) is 5.32 Å². The summed E-state index contributed by atoms with van der Waals surface area (Å²) in [6.07, 6.45) is 2.02. The maximum absolute atomic E-state index is 13.1. The monoisotopic (exact) mass is 435 g/mol. The second kappa shape index (κ2) is 7.26. The number of amides is 4. The fourth-order valence-electron chi connectivity index (χ4n) is 4.23. The van der Waals surface area contributed by atoms with Crippen LogP contribution in [-0.4, -0.2) is 73.3 Å². The number of rotatable bonds is 6. The number of ether oxygens (including phenoxy) is 1. The summed E-state index contributed by atoms with van der Waals surface area (Å²) in [4.78, 5) is 41.2. The molecule has 2 saturated heterocycles. The third-order valence-corrected chi connectivity index (χ3v) is 7.82. The van der Waals surface area contributed by atoms with Crippen LogP contribution in [0.3, 0.4) is 0 Å². The Labute approximate surface area is 175 Å². The van der Waals surface area contributed by atoms with Crippen LogP contribution in [0.25, 0.3) is 0 Å². The minimum Gasteiger partial charge on any atom is -0.497 e. The number of nitrogens with zero attached hydrogens (tertiary/aromatic N) is 2. The highest BCUT2D eigenvalue weighted by Gasteiger charge is 2.51. The number of carbonyl (C=O) groups is 3. The first kappa shape index (κ1) is 20.6. The molecule has 1 aromatic carbocycles. The molecule has 2 heterocycles. The van der Waals surface area contributed by atoms with Gasteiger partial charge in [0, 0.05) is 12.1 Å². The molecule has 1 aliphatic carbocycles. The summed E-state index contributed by atoms with van der Waals surface area (Å²) in [6, 6.07) is 5.76. The summed E-state index contributed by atoms with van der Waals surface area (Å²) in [5, 5.41) is 2.69. The molecule has 162 valence electrons. The lowest BCUT2D eigenvalue weighted by Crippen LogP contribution is -2.49. The quantitative estimate of drug-likeness (QED) is 0.656. The second-order valence-corrected chi connectivity index (χ2v) is 10.5. The molecule has 10 heteroatoms. The molecular weight excluding hydrogens is 410 g/mol. The molecule has 3 aliphatic rings. The number of sulfone groups is 1. The zero-order chi connectivity index (χ0) is 21.7. The number of methoxy groups -OCH3 is 1. The van der Waals surface area contributed by atoms with Crippen LogP contribution < -0.4 is 10.1 Å². The van der Waals surface area contributed by atoms with Gasteiger partial charge in [-0.05, 0) is 43.9 Å². The highest BCUT2D eigenvalue weighted by atomic mass is 32.2. The first-order valence-corrected chi connectivity index (χ1v) is 11.8. The highest BCUT2D eigenvalue weighted by Crippen LogP contribution is 2.34. The van der Waals surface area contributed by atoms with E-state index in [4.69, 9.17) is 4.74 Å². The lowest BCUT2D eigenvalue weighted by atomic mass is 9.92. The van der Waals surface area contributed by atoms with E-state index in [0.29, 0.717) is 17.7 Å². The number of hydrogen-bond acceptors (Lipinski definition) is 6. The molecule has 1 N–H and O–H groups in total. The van der Waals surface area contributed by atoms with Gasteiger partial charge in [-0.1, -0.05) is 12.1 Å². The van der Waals surface area contributed by atoms with Crippen LogP contribution in [0.15, 0.2) is 24.3 Å². The Hall–Kier alpha value is -2.62. The van der Waals surface area contributed by atoms with Gasteiger partial charge >= 0.3 is 6.03 Å². The van der Waals surface area contributed by atoms with Crippen molar-refractivity contribution in [2.45, 2.75) is 43.8 Å². The van der Waals surface area contributed by atoms with Crippen molar-refractivity contribution >= 4 is 27.7 Å². The number of imide groups is 1. The van der Waals surface area contributed by atoms with Crippen LogP contribution >= 0.6 is 0 Å². The van der Waals surface area contributed by atoms with E-state index < -0.39 is 33.9 Å². The average molecular weight is 436 g/mol. The van der Waals surface area contributed by atoms with E-state index in [1.807, 2.05) is 0 Å². The van der Waals surface area contributed by atoms with Gasteiger partial charge < -0.3 is 15.0 Å². The van der Waals surface area contributed by atoms with E-state index >= 15 is 0 Å². The smallest absolute Gasteiger partial charge is 0.325 e. The Morgan fingerprint density at radius 2 is 1.87 bits per heavy atom. The predicted molar refractivity (Wildman–Crippen MR) is 108 cm³/mol. The Kier molecular flexibility index (Phi) is 5.00. The fourth-order valence-corrected chi connectivity index (χ4v) is 5.94. The molecule has 1 saturated carbocycles. The van der Waals surface area contributed by atoms with Crippen LogP contribution in [-0.2, 0) is 25.0 Å². The second-order valence-electron chi connectivity index (χ2n) is 8.26. The summed E-state index contributed by atoms with van der Waals surface area (Å²) >= 11 is 0. The van der Waals surface area contributed by atoms with E-state index in [-0.39, 0.29) is 29.5 Å². The summed E-state index contributed by atoms with van der Waals surface area (Å²) in [5.74, 6) is -0.271. The molecule has 2 aliphatic heterocycles. The first-order valence-electron chi connectivity index (χ1n) is 9.95. The number of carbonyl (C=O) groups excluding carboxylic acids is 3. The van der Waals surface area contributed by atoms with E-state index in [1.54, 1.807) is 36.1 Å². The molecule has 3 fully saturated rings. The van der Waals surface area contributed by atoms with Crippen molar-refractivity contribution in [1.82, 2.24) is 15.1 Å². The van der Waals surface area contributed by atoms with Crippen molar-refractivity contribution in [2.24, 2.45) is 0 Å². The molecule has 0 bridgehead atoms. The minimum absolute atomic E-state index is 0.00969. The van der Waals surface area contributed by atoms with Gasteiger partial charge in [0.05, 0.1) is 18.6 Å². The number of urea groups is 1. The summed E-state index contributed by atoms with van der Waals surface area (Å²) in [5.41, 5.74) is -0.706. The molecule has 4 amide bonds. The van der Waals surface area contributed by atoms with Crippen LogP contribution in [0.4, 0.5) is 4.79 Å². The van der Waals surface area contributed by atoms with Gasteiger partial charge in [0.25, 0.3) is 5.91 Å². The highest BCUT2D eigenvalue weighted by molar-refractivity contribution is 7.91. The van der Waals surface area contributed by atoms with E-state index in [0.717, 1.165) is 17.7 Å². The van der Waals surface area contributed by atoms with Crippen molar-refractivity contribution in [3.63, 3.8) is 0 Å². The van der Waals surface area contributed by atoms with Gasteiger partial charge in [-0.15, -0.1) is 0 Å². The van der Waals surface area contributed by atoms with Gasteiger partial charge in [-0.3, -0.25) is 14.5 Å². The van der Waals surface area contributed by atoms with Crippen LogP contribution in [0.2, 0.25) is 0 Å². The number of nitrogens with one attached hydrogen (secondary N) is 1. The van der Waals surface area contributed by atoms with Gasteiger partial charge in [0.15, 0.2) is 9.84 Å². The fraction of sp³-hybridized carbons (Fsp3) is 0.550. The SMILES string of the molecule is COc1ccc([C@@]2(C)NC(=O)N(CC(=O)N(C3CC3)[C@H]3CCS(=O)(=O)C3)C2=O)cc1. The van der Waals surface area contributed by atoms with Crippen molar-refractivity contribution in [2.75, 3.05) is 25.2 Å². The zero-order valence-electron chi connectivity index (χ0n) is 17.0. The molecule has 0 radical (unpaired) electrons. The molecular formula is C20H25N3O6S. The molecule has 30 heavy (non-hydrogen) atoms. The van der Waals surface area contributed by atoms with Crippen molar-refractivity contribution in [3.8, 4) is 5.75 Å². The van der Waals surface area contributed by atoms with Crippen molar-refractivity contribution < 1.29 is 27.5 Å². The molecule has 0 aromatic heterocycles. The summed E-state index contributed by atoms with van der Waals surface area (Å²) in [7, 11) is -1.62. The largest absolute Gasteiger partial charge is 0.497 e. The Morgan fingerprint density at radius 1 is 1.20 bits per heavy atom. The Bertz CT molecular complexity index is 988. The van der Waals surface area contributed by atoms with Gasteiger partial charge in [0.2, 0.25) is 5.91 Å².